The third kappa shape index (κ3) is 6.44. The number of aryl methyl sites for hydroxylation is 3. The topological polar surface area (TPSA) is 173 Å². The molecule has 1 fully saturated rings. The summed E-state index contributed by atoms with van der Waals surface area (Å²) in [6.45, 7) is 5.18. The van der Waals surface area contributed by atoms with Crippen molar-refractivity contribution >= 4 is 28.8 Å². The van der Waals surface area contributed by atoms with Crippen LogP contribution < -0.4 is 21.1 Å². The number of hydrogen-bond donors (Lipinski definition) is 5. The number of anilines is 1. The fourth-order valence-electron chi connectivity index (χ4n) is 5.25. The van der Waals surface area contributed by atoms with Gasteiger partial charge in [0.2, 0.25) is 11.9 Å². The van der Waals surface area contributed by atoms with Crippen LogP contribution in [0.25, 0.3) is 11.0 Å². The van der Waals surface area contributed by atoms with Gasteiger partial charge in [0, 0.05) is 31.2 Å². The van der Waals surface area contributed by atoms with E-state index < -0.39 is 12.3 Å². The highest BCUT2D eigenvalue weighted by Gasteiger charge is 2.26. The van der Waals surface area contributed by atoms with Gasteiger partial charge in [0.05, 0.1) is 24.4 Å². The maximum atomic E-state index is 13.2. The van der Waals surface area contributed by atoms with Crippen LogP contribution in [0.4, 0.5) is 5.95 Å². The quantitative estimate of drug-likeness (QED) is 0.163. The second-order valence-corrected chi connectivity index (χ2v) is 10.2. The molecular weight excluding hydrogens is 516 g/mol. The number of aromatic nitrogens is 4. The van der Waals surface area contributed by atoms with Gasteiger partial charge in [-0.2, -0.15) is 5.10 Å². The van der Waals surface area contributed by atoms with E-state index in [-0.39, 0.29) is 23.6 Å². The second kappa shape index (κ2) is 12.8. The van der Waals surface area contributed by atoms with E-state index in [4.69, 9.17) is 10.5 Å². The number of primary amides is 1. The van der Waals surface area contributed by atoms with Crippen LogP contribution in [0.2, 0.25) is 0 Å². The van der Waals surface area contributed by atoms with Gasteiger partial charge in [-0.15, -0.1) is 0 Å². The molecule has 13 nitrogen and oxygen atoms in total. The van der Waals surface area contributed by atoms with E-state index in [9.17, 15) is 19.8 Å². The summed E-state index contributed by atoms with van der Waals surface area (Å²) in [5, 5.41) is 30.9. The Balaban J connectivity index is 1.53. The lowest BCUT2D eigenvalue weighted by Crippen LogP contribution is -2.50. The highest BCUT2D eigenvalue weighted by molar-refractivity contribution is 6.04. The molecule has 0 saturated heterocycles. The molecule has 1 saturated carbocycles. The smallest absolute Gasteiger partial charge is 0.276 e. The zero-order valence-electron chi connectivity index (χ0n) is 23.6. The third-order valence-corrected chi connectivity index (χ3v) is 7.48. The molecule has 6 N–H and O–H groups in total. The number of carbonyl (C=O) groups excluding carboxylic acids is 2. The summed E-state index contributed by atoms with van der Waals surface area (Å²) in [6.07, 6.45) is 2.66. The van der Waals surface area contributed by atoms with Crippen molar-refractivity contribution in [3.05, 3.63) is 35.2 Å². The second-order valence-electron chi connectivity index (χ2n) is 10.2. The molecule has 1 aliphatic carbocycles. The monoisotopic (exact) mass is 556 g/mol. The number of amides is 2. The first kappa shape index (κ1) is 29.5. The Labute approximate surface area is 233 Å². The molecule has 0 spiro atoms. The first-order valence-electron chi connectivity index (χ1n) is 13.7. The molecule has 40 heavy (non-hydrogen) atoms. The number of aliphatic hydroxyl groups excluding tert-OH is 2. The number of rotatable bonds is 12. The summed E-state index contributed by atoms with van der Waals surface area (Å²) in [4.78, 5) is 31.7. The Bertz CT molecular complexity index is 1340. The number of hydrogen-bond acceptors (Lipinski definition) is 9. The average Bonchev–Trinajstić information content (AvgIpc) is 3.49. The number of benzene rings is 1. The molecule has 1 atom stereocenters. The molecule has 1 unspecified atom stereocenters. The summed E-state index contributed by atoms with van der Waals surface area (Å²) < 4.78 is 9.03. The lowest BCUT2D eigenvalue weighted by atomic mass is 9.92. The molecular formula is C27H40N8O5. The van der Waals surface area contributed by atoms with Gasteiger partial charge in [-0.3, -0.25) is 29.8 Å². The molecule has 2 heterocycles. The van der Waals surface area contributed by atoms with Crippen molar-refractivity contribution in [2.75, 3.05) is 26.0 Å². The van der Waals surface area contributed by atoms with Crippen LogP contribution in [0.3, 0.4) is 0 Å². The van der Waals surface area contributed by atoms with E-state index in [2.05, 4.69) is 20.7 Å². The zero-order chi connectivity index (χ0) is 29.0. The van der Waals surface area contributed by atoms with Crippen LogP contribution in [0.15, 0.2) is 18.2 Å². The highest BCUT2D eigenvalue weighted by Crippen LogP contribution is 2.31. The number of methoxy groups -OCH3 is 1. The van der Waals surface area contributed by atoms with E-state index in [0.29, 0.717) is 54.5 Å². The largest absolute Gasteiger partial charge is 0.494 e. The molecule has 4 rings (SSSR count). The zero-order valence-corrected chi connectivity index (χ0v) is 23.6. The summed E-state index contributed by atoms with van der Waals surface area (Å²) in [6, 6.07) is 5.05. The van der Waals surface area contributed by atoms with Gasteiger partial charge < -0.3 is 25.3 Å². The molecule has 2 amide bonds. The van der Waals surface area contributed by atoms with Gasteiger partial charge in [-0.1, -0.05) is 0 Å². The Morgan fingerprint density at radius 1 is 1.25 bits per heavy atom. The number of ether oxygens (including phenoxy) is 1. The molecule has 0 aliphatic heterocycles. The first-order valence-corrected chi connectivity index (χ1v) is 13.7. The lowest BCUT2D eigenvalue weighted by Gasteiger charge is -2.36. The van der Waals surface area contributed by atoms with E-state index in [1.165, 1.54) is 7.11 Å². The van der Waals surface area contributed by atoms with Crippen LogP contribution in [0.1, 0.15) is 65.6 Å². The van der Waals surface area contributed by atoms with Crippen LogP contribution in [-0.4, -0.2) is 85.5 Å². The van der Waals surface area contributed by atoms with Crippen molar-refractivity contribution in [3.8, 4) is 5.75 Å². The highest BCUT2D eigenvalue weighted by atomic mass is 16.5. The minimum atomic E-state index is -0.829. The molecule has 3 aromatic rings. The third-order valence-electron chi connectivity index (χ3n) is 7.48. The minimum absolute atomic E-state index is 0.203. The number of nitrogens with one attached hydrogen (secondary N) is 2. The SMILES string of the molecule is CCn1nc(C)cc1C(=O)Nc1nc2cc(C(N)=O)cc(OC)c2n1CCCNC(O)N(C)[C@H]1CC[C@H](O)CC1. The molecule has 13 heteroatoms. The summed E-state index contributed by atoms with van der Waals surface area (Å²) in [5.41, 5.74) is 7.97. The molecule has 0 radical (unpaired) electrons. The number of imidazole rings is 1. The van der Waals surface area contributed by atoms with Crippen LogP contribution >= 0.6 is 0 Å². The van der Waals surface area contributed by atoms with Gasteiger partial charge in [0.15, 0.2) is 6.35 Å². The number of aliphatic hydroxyl groups is 2. The Morgan fingerprint density at radius 3 is 2.62 bits per heavy atom. The fraction of sp³-hybridized carbons (Fsp3) is 0.556. The standard InChI is InChI=1S/C27H40N8O5/c1-5-35-21(13-16(2)32-35)25(38)31-26-30-20-14-17(24(28)37)15-22(40-4)23(20)34(26)12-6-11-29-27(39)33(3)18-7-9-19(36)10-8-18/h13-15,18-19,27,29,36,39H,5-12H2,1-4H3,(H2,28,37)(H,30,31,38)/t18-,19-,27?. The molecule has 218 valence electrons. The molecule has 1 aliphatic rings. The summed E-state index contributed by atoms with van der Waals surface area (Å²) in [5.74, 6) is -0.279. The van der Waals surface area contributed by atoms with Gasteiger partial charge in [-0.25, -0.2) is 4.98 Å². The number of nitrogens with zero attached hydrogens (tertiary/aromatic N) is 5. The Morgan fingerprint density at radius 2 is 1.98 bits per heavy atom. The molecule has 2 aromatic heterocycles. The van der Waals surface area contributed by atoms with Crippen LogP contribution in [0, 0.1) is 6.92 Å². The lowest BCUT2D eigenvalue weighted by molar-refractivity contribution is -0.0475. The first-order chi connectivity index (χ1) is 19.1. The number of fused-ring (bicyclic) bond motifs is 1. The average molecular weight is 557 g/mol. The fourth-order valence-corrected chi connectivity index (χ4v) is 5.25. The van der Waals surface area contributed by atoms with Crippen molar-refractivity contribution in [2.45, 2.75) is 77.5 Å². The minimum Gasteiger partial charge on any atom is -0.494 e. The Hall–Kier alpha value is -3.52. The van der Waals surface area contributed by atoms with E-state index in [1.54, 1.807) is 22.9 Å². The van der Waals surface area contributed by atoms with Gasteiger partial charge >= 0.3 is 0 Å². The molecule has 1 aromatic carbocycles. The van der Waals surface area contributed by atoms with E-state index in [1.807, 2.05) is 30.4 Å². The van der Waals surface area contributed by atoms with Gasteiger partial charge in [0.25, 0.3) is 5.91 Å². The number of nitrogens with two attached hydrogens (primary N) is 1. The maximum absolute atomic E-state index is 13.2. The predicted molar refractivity (Wildman–Crippen MR) is 150 cm³/mol. The summed E-state index contributed by atoms with van der Waals surface area (Å²) in [7, 11) is 3.37. The normalized spacial score (nSPS) is 18.3. The van der Waals surface area contributed by atoms with E-state index >= 15 is 0 Å². The predicted octanol–water partition coefficient (Wildman–Crippen LogP) is 1.41. The van der Waals surface area contributed by atoms with Gasteiger partial charge in [-0.05, 0) is 71.2 Å². The van der Waals surface area contributed by atoms with Crippen LogP contribution in [0.5, 0.6) is 5.75 Å². The van der Waals surface area contributed by atoms with Crippen molar-refractivity contribution in [3.63, 3.8) is 0 Å². The van der Waals surface area contributed by atoms with Crippen molar-refractivity contribution < 1.29 is 24.5 Å². The van der Waals surface area contributed by atoms with Crippen molar-refractivity contribution in [1.29, 1.82) is 0 Å². The maximum Gasteiger partial charge on any atom is 0.276 e. The van der Waals surface area contributed by atoms with Crippen molar-refractivity contribution in [2.24, 2.45) is 5.73 Å². The number of carbonyl (C=O) groups is 2. The Kier molecular flexibility index (Phi) is 9.40. The van der Waals surface area contributed by atoms with Gasteiger partial charge in [0.1, 0.15) is 17.0 Å². The van der Waals surface area contributed by atoms with E-state index in [0.717, 1.165) is 31.4 Å². The van der Waals surface area contributed by atoms with Crippen molar-refractivity contribution in [1.82, 2.24) is 29.5 Å². The molecule has 0 bridgehead atoms. The van der Waals surface area contributed by atoms with Crippen LogP contribution in [-0.2, 0) is 13.1 Å². The summed E-state index contributed by atoms with van der Waals surface area (Å²) >= 11 is 0.